The first kappa shape index (κ1) is 9.08. The number of hydrogen-bond donors (Lipinski definition) is 1. The number of thiazole rings is 1. The van der Waals surface area contributed by atoms with Gasteiger partial charge in [0.25, 0.3) is 0 Å². The third-order valence-corrected chi connectivity index (χ3v) is 2.60. The maximum Gasteiger partial charge on any atom is 0.223 e. The van der Waals surface area contributed by atoms with E-state index in [4.69, 9.17) is 0 Å². The predicted molar refractivity (Wildman–Crippen MR) is 56.5 cm³/mol. The number of anilines is 1. The molecule has 0 radical (unpaired) electrons. The lowest BCUT2D eigenvalue weighted by Gasteiger charge is -1.91. The molecule has 0 aromatic carbocycles. The summed E-state index contributed by atoms with van der Waals surface area (Å²) in [4.78, 5) is 19.2. The number of pyridine rings is 1. The van der Waals surface area contributed by atoms with Gasteiger partial charge in [0.15, 0.2) is 10.8 Å². The van der Waals surface area contributed by atoms with Crippen LogP contribution in [-0.2, 0) is 4.79 Å². The van der Waals surface area contributed by atoms with Crippen LogP contribution in [0.1, 0.15) is 12.6 Å². The highest BCUT2D eigenvalue weighted by Crippen LogP contribution is 2.24. The van der Waals surface area contributed by atoms with E-state index in [0.717, 1.165) is 10.4 Å². The van der Waals surface area contributed by atoms with Gasteiger partial charge in [-0.2, -0.15) is 4.98 Å². The minimum absolute atomic E-state index is 0.110. The summed E-state index contributed by atoms with van der Waals surface area (Å²) in [5, 5.41) is 3.24. The number of aryl methyl sites for hydroxylation is 1. The molecule has 2 aromatic rings. The van der Waals surface area contributed by atoms with Crippen molar-refractivity contribution in [3.05, 3.63) is 17.8 Å². The Morgan fingerprint density at radius 3 is 2.93 bits per heavy atom. The maximum atomic E-state index is 10.8. The third kappa shape index (κ3) is 1.72. The summed E-state index contributed by atoms with van der Waals surface area (Å²) in [7, 11) is 0. The molecule has 0 aliphatic rings. The molecule has 1 N–H and O–H groups in total. The summed E-state index contributed by atoms with van der Waals surface area (Å²) >= 11 is 1.43. The smallest absolute Gasteiger partial charge is 0.223 e. The number of nitrogens with zero attached hydrogens (tertiary/aromatic N) is 2. The van der Waals surface area contributed by atoms with E-state index >= 15 is 0 Å². The highest BCUT2D eigenvalue weighted by Gasteiger charge is 2.05. The number of amides is 1. The molecular formula is C9H9N3OS. The van der Waals surface area contributed by atoms with E-state index in [1.54, 1.807) is 0 Å². The fourth-order valence-electron chi connectivity index (χ4n) is 1.12. The summed E-state index contributed by atoms with van der Waals surface area (Å²) in [6.45, 7) is 3.38. The quantitative estimate of drug-likeness (QED) is 0.777. The molecule has 0 aliphatic heterocycles. The van der Waals surface area contributed by atoms with Crippen LogP contribution in [0.15, 0.2) is 12.1 Å². The molecule has 4 nitrogen and oxygen atoms in total. The van der Waals surface area contributed by atoms with E-state index in [2.05, 4.69) is 15.3 Å². The molecule has 2 rings (SSSR count). The summed E-state index contributed by atoms with van der Waals surface area (Å²) in [6.07, 6.45) is 0. The van der Waals surface area contributed by atoms with Gasteiger partial charge in [-0.25, -0.2) is 4.98 Å². The highest BCUT2D eigenvalue weighted by atomic mass is 32.1. The molecule has 5 heteroatoms. The number of carbonyl (C=O) groups is 1. The monoisotopic (exact) mass is 207 g/mol. The zero-order valence-electron chi connectivity index (χ0n) is 7.87. The lowest BCUT2D eigenvalue weighted by atomic mass is 10.4. The predicted octanol–water partition coefficient (Wildman–Crippen LogP) is 1.96. The van der Waals surface area contributed by atoms with Gasteiger partial charge in [-0.1, -0.05) is 11.3 Å². The van der Waals surface area contributed by atoms with Crippen molar-refractivity contribution in [2.75, 3.05) is 5.32 Å². The normalized spacial score (nSPS) is 10.4. The van der Waals surface area contributed by atoms with Crippen LogP contribution in [0.25, 0.3) is 10.3 Å². The van der Waals surface area contributed by atoms with Gasteiger partial charge >= 0.3 is 0 Å². The lowest BCUT2D eigenvalue weighted by Crippen LogP contribution is -2.04. The first-order valence-electron chi connectivity index (χ1n) is 4.17. The van der Waals surface area contributed by atoms with Crippen molar-refractivity contribution in [2.24, 2.45) is 0 Å². The second-order valence-electron chi connectivity index (χ2n) is 2.97. The van der Waals surface area contributed by atoms with Gasteiger partial charge in [-0.05, 0) is 19.1 Å². The lowest BCUT2D eigenvalue weighted by molar-refractivity contribution is -0.114. The average Bonchev–Trinajstić information content (AvgIpc) is 2.44. The zero-order chi connectivity index (χ0) is 10.1. The molecule has 1 amide bonds. The first-order chi connectivity index (χ1) is 6.65. The molecular weight excluding hydrogens is 198 g/mol. The SMILES string of the molecule is CC(=O)Nc1nc2nc(C)ccc2s1. The van der Waals surface area contributed by atoms with E-state index in [1.807, 2.05) is 19.1 Å². The highest BCUT2D eigenvalue weighted by molar-refractivity contribution is 7.22. The minimum Gasteiger partial charge on any atom is -0.302 e. The van der Waals surface area contributed by atoms with E-state index in [1.165, 1.54) is 18.3 Å². The van der Waals surface area contributed by atoms with E-state index in [0.29, 0.717) is 10.8 Å². The van der Waals surface area contributed by atoms with Crippen LogP contribution in [0.2, 0.25) is 0 Å². The summed E-state index contributed by atoms with van der Waals surface area (Å²) in [5.74, 6) is -0.110. The molecule has 0 spiro atoms. The van der Waals surface area contributed by atoms with Crippen LogP contribution < -0.4 is 5.32 Å². The zero-order valence-corrected chi connectivity index (χ0v) is 8.68. The number of hydrogen-bond acceptors (Lipinski definition) is 4. The van der Waals surface area contributed by atoms with Gasteiger partial charge in [0.2, 0.25) is 5.91 Å². The van der Waals surface area contributed by atoms with Crippen LogP contribution in [-0.4, -0.2) is 15.9 Å². The van der Waals surface area contributed by atoms with Gasteiger partial charge in [-0.3, -0.25) is 4.79 Å². The topological polar surface area (TPSA) is 54.9 Å². The Morgan fingerprint density at radius 2 is 2.21 bits per heavy atom. The van der Waals surface area contributed by atoms with Crippen molar-refractivity contribution in [3.63, 3.8) is 0 Å². The van der Waals surface area contributed by atoms with E-state index in [9.17, 15) is 4.79 Å². The fourth-order valence-corrected chi connectivity index (χ4v) is 1.97. The fraction of sp³-hybridized carbons (Fsp3) is 0.222. The maximum absolute atomic E-state index is 10.8. The third-order valence-electron chi connectivity index (χ3n) is 1.68. The molecule has 0 saturated carbocycles. The Labute approximate surface area is 85.0 Å². The van der Waals surface area contributed by atoms with Crippen molar-refractivity contribution in [2.45, 2.75) is 13.8 Å². The first-order valence-corrected chi connectivity index (χ1v) is 4.98. The average molecular weight is 207 g/mol. The Balaban J connectivity index is 2.46. The van der Waals surface area contributed by atoms with Gasteiger partial charge in [0.1, 0.15) is 0 Å². The van der Waals surface area contributed by atoms with Crippen molar-refractivity contribution in [3.8, 4) is 0 Å². The van der Waals surface area contributed by atoms with E-state index in [-0.39, 0.29) is 5.91 Å². The Hall–Kier alpha value is -1.49. The number of aromatic nitrogens is 2. The molecule has 72 valence electrons. The Bertz CT molecular complexity index is 492. The standard InChI is InChI=1S/C9H9N3OS/c1-5-3-4-7-8(10-5)12-9(14-7)11-6(2)13/h3-4H,1-2H3,(H,10,11,12,13). The van der Waals surface area contributed by atoms with Crippen LogP contribution in [0.3, 0.4) is 0 Å². The molecule has 0 bridgehead atoms. The molecule has 0 atom stereocenters. The molecule has 0 unspecified atom stereocenters. The number of carbonyl (C=O) groups excluding carboxylic acids is 1. The van der Waals surface area contributed by atoms with Crippen molar-refractivity contribution in [1.29, 1.82) is 0 Å². The Morgan fingerprint density at radius 1 is 1.43 bits per heavy atom. The molecule has 14 heavy (non-hydrogen) atoms. The number of nitrogens with one attached hydrogen (secondary N) is 1. The van der Waals surface area contributed by atoms with Gasteiger partial charge < -0.3 is 5.32 Å². The van der Waals surface area contributed by atoms with Gasteiger partial charge in [0.05, 0.1) is 4.70 Å². The molecule has 0 fully saturated rings. The largest absolute Gasteiger partial charge is 0.302 e. The van der Waals surface area contributed by atoms with Crippen molar-refractivity contribution < 1.29 is 4.79 Å². The summed E-state index contributed by atoms with van der Waals surface area (Å²) in [5.41, 5.74) is 1.62. The summed E-state index contributed by atoms with van der Waals surface area (Å²) < 4.78 is 0.986. The van der Waals surface area contributed by atoms with Crippen molar-refractivity contribution in [1.82, 2.24) is 9.97 Å². The van der Waals surface area contributed by atoms with Gasteiger partial charge in [0, 0.05) is 12.6 Å². The molecule has 0 saturated heterocycles. The molecule has 2 aromatic heterocycles. The van der Waals surface area contributed by atoms with Crippen LogP contribution >= 0.6 is 11.3 Å². The number of fused-ring (bicyclic) bond motifs is 1. The van der Waals surface area contributed by atoms with E-state index < -0.39 is 0 Å². The van der Waals surface area contributed by atoms with Crippen LogP contribution in [0.5, 0.6) is 0 Å². The summed E-state index contributed by atoms with van der Waals surface area (Å²) in [6, 6.07) is 3.89. The van der Waals surface area contributed by atoms with Crippen LogP contribution in [0, 0.1) is 6.92 Å². The molecule has 0 aliphatic carbocycles. The Kier molecular flexibility index (Phi) is 2.17. The molecule has 2 heterocycles. The second-order valence-corrected chi connectivity index (χ2v) is 4.01. The minimum atomic E-state index is -0.110. The van der Waals surface area contributed by atoms with Crippen molar-refractivity contribution >= 4 is 32.7 Å². The second kappa shape index (κ2) is 3.34. The van der Waals surface area contributed by atoms with Gasteiger partial charge in [-0.15, -0.1) is 0 Å². The number of rotatable bonds is 1. The van der Waals surface area contributed by atoms with Crippen LogP contribution in [0.4, 0.5) is 5.13 Å².